The van der Waals surface area contributed by atoms with Gasteiger partial charge in [-0.1, -0.05) is 60.7 Å². The molecule has 1 N–H and O–H groups in total. The zero-order chi connectivity index (χ0) is 18.2. The summed E-state index contributed by atoms with van der Waals surface area (Å²) in [6.07, 6.45) is 2.39. The van der Waals surface area contributed by atoms with Gasteiger partial charge in [0, 0.05) is 19.3 Å². The van der Waals surface area contributed by atoms with E-state index in [2.05, 4.69) is 29.2 Å². The first-order chi connectivity index (χ1) is 12.6. The number of hydrogen-bond donors (Lipinski definition) is 1. The topological polar surface area (TPSA) is 49.8 Å². The van der Waals surface area contributed by atoms with E-state index in [0.29, 0.717) is 19.4 Å². The van der Waals surface area contributed by atoms with Gasteiger partial charge in [0.2, 0.25) is 7.37 Å². The zero-order valence-electron chi connectivity index (χ0n) is 15.2. The minimum Gasteiger partial charge on any atom is -0.379 e. The second-order valence-electron chi connectivity index (χ2n) is 7.03. The van der Waals surface area contributed by atoms with E-state index >= 15 is 0 Å². The van der Waals surface area contributed by atoms with Crippen molar-refractivity contribution in [2.45, 2.75) is 18.8 Å². The summed E-state index contributed by atoms with van der Waals surface area (Å²) in [6.45, 7) is 2.78. The van der Waals surface area contributed by atoms with Crippen LogP contribution in [0.1, 0.15) is 23.5 Å². The van der Waals surface area contributed by atoms with Crippen LogP contribution in [0.3, 0.4) is 0 Å². The maximum absolute atomic E-state index is 13.0. The molecule has 2 aromatic carbocycles. The summed E-state index contributed by atoms with van der Waals surface area (Å²) in [6, 6.07) is 20.5. The first-order valence-corrected chi connectivity index (χ1v) is 11.4. The molecule has 26 heavy (non-hydrogen) atoms. The highest BCUT2D eigenvalue weighted by Gasteiger charge is 2.28. The second-order valence-corrected chi connectivity index (χ2v) is 9.37. The SMILES string of the molecule is O=P(O)(CC(CCc1ccccc1)c1ccccc1)CN1CCOCC1. The van der Waals surface area contributed by atoms with Crippen LogP contribution in [-0.2, 0) is 15.7 Å². The quantitative estimate of drug-likeness (QED) is 0.712. The van der Waals surface area contributed by atoms with Crippen molar-refractivity contribution >= 4 is 7.37 Å². The van der Waals surface area contributed by atoms with Crippen molar-refractivity contribution in [2.24, 2.45) is 0 Å². The highest BCUT2D eigenvalue weighted by atomic mass is 31.2. The Morgan fingerprint density at radius 2 is 1.62 bits per heavy atom. The van der Waals surface area contributed by atoms with E-state index in [0.717, 1.165) is 31.5 Å². The van der Waals surface area contributed by atoms with Crippen molar-refractivity contribution in [1.29, 1.82) is 0 Å². The second kappa shape index (κ2) is 9.48. The van der Waals surface area contributed by atoms with Crippen LogP contribution in [0.5, 0.6) is 0 Å². The van der Waals surface area contributed by atoms with Crippen LogP contribution in [0.15, 0.2) is 60.7 Å². The molecule has 1 heterocycles. The zero-order valence-corrected chi connectivity index (χ0v) is 16.1. The van der Waals surface area contributed by atoms with Gasteiger partial charge < -0.3 is 9.63 Å². The van der Waals surface area contributed by atoms with Crippen LogP contribution < -0.4 is 0 Å². The van der Waals surface area contributed by atoms with Crippen LogP contribution in [-0.4, -0.2) is 48.5 Å². The fourth-order valence-electron chi connectivity index (χ4n) is 3.53. The molecule has 5 heteroatoms. The molecule has 1 fully saturated rings. The van der Waals surface area contributed by atoms with Crippen molar-refractivity contribution in [3.05, 3.63) is 71.8 Å². The van der Waals surface area contributed by atoms with Crippen LogP contribution in [0.25, 0.3) is 0 Å². The summed E-state index contributed by atoms with van der Waals surface area (Å²) in [5.74, 6) is 0.0910. The van der Waals surface area contributed by atoms with Crippen molar-refractivity contribution < 1.29 is 14.2 Å². The van der Waals surface area contributed by atoms with Crippen molar-refractivity contribution in [3.8, 4) is 0 Å². The third kappa shape index (κ3) is 6.07. The molecular formula is C21H28NO3P. The Bertz CT molecular complexity index is 702. The molecule has 2 aromatic rings. The maximum Gasteiger partial charge on any atom is 0.214 e. The van der Waals surface area contributed by atoms with Gasteiger partial charge in [0.15, 0.2) is 0 Å². The maximum atomic E-state index is 13.0. The summed E-state index contributed by atoms with van der Waals surface area (Å²) >= 11 is 0. The molecule has 2 atom stereocenters. The largest absolute Gasteiger partial charge is 0.379 e. The summed E-state index contributed by atoms with van der Waals surface area (Å²) in [4.78, 5) is 12.7. The summed E-state index contributed by atoms with van der Waals surface area (Å²) in [5, 5.41) is 0. The Kier molecular flexibility index (Phi) is 7.04. The van der Waals surface area contributed by atoms with E-state index in [1.165, 1.54) is 5.56 Å². The van der Waals surface area contributed by atoms with Crippen LogP contribution in [0, 0.1) is 0 Å². The van der Waals surface area contributed by atoms with Crippen molar-refractivity contribution in [2.75, 3.05) is 38.8 Å². The van der Waals surface area contributed by atoms with E-state index in [9.17, 15) is 9.46 Å². The lowest BCUT2D eigenvalue weighted by molar-refractivity contribution is 0.0453. The first-order valence-electron chi connectivity index (χ1n) is 9.32. The summed E-state index contributed by atoms with van der Waals surface area (Å²) in [7, 11) is -3.23. The molecule has 1 aliphatic rings. The predicted octanol–water partition coefficient (Wildman–Crippen LogP) is 3.96. The molecule has 0 aromatic heterocycles. The molecular weight excluding hydrogens is 345 g/mol. The average molecular weight is 373 g/mol. The van der Waals surface area contributed by atoms with Gasteiger partial charge in [0.05, 0.1) is 19.5 Å². The standard InChI is InChI=1S/C21H28NO3P/c23-26(24,18-22-13-15-25-16-14-22)17-21(20-9-5-2-6-10-20)12-11-19-7-3-1-4-8-19/h1-10,21H,11-18H2,(H,23,24). The fraction of sp³-hybridized carbons (Fsp3) is 0.429. The molecule has 140 valence electrons. The number of rotatable bonds is 8. The third-order valence-electron chi connectivity index (χ3n) is 4.93. The van der Waals surface area contributed by atoms with E-state index in [1.807, 2.05) is 36.4 Å². The van der Waals surface area contributed by atoms with Gasteiger partial charge in [-0.15, -0.1) is 0 Å². The summed E-state index contributed by atoms with van der Waals surface area (Å²) in [5.41, 5.74) is 2.43. The van der Waals surface area contributed by atoms with Crippen LogP contribution in [0.2, 0.25) is 0 Å². The van der Waals surface area contributed by atoms with E-state index in [4.69, 9.17) is 4.74 Å². The highest BCUT2D eigenvalue weighted by Crippen LogP contribution is 2.46. The average Bonchev–Trinajstić information content (AvgIpc) is 2.67. The smallest absolute Gasteiger partial charge is 0.214 e. The van der Waals surface area contributed by atoms with E-state index < -0.39 is 7.37 Å². The molecule has 4 nitrogen and oxygen atoms in total. The molecule has 3 rings (SSSR count). The van der Waals surface area contributed by atoms with Gasteiger partial charge in [-0.05, 0) is 29.9 Å². The van der Waals surface area contributed by atoms with Gasteiger partial charge in [-0.2, -0.15) is 0 Å². The Balaban J connectivity index is 1.67. The Labute approximate surface area is 156 Å². The number of hydrogen-bond acceptors (Lipinski definition) is 3. The van der Waals surface area contributed by atoms with Crippen molar-refractivity contribution in [3.63, 3.8) is 0 Å². The molecule has 0 aliphatic carbocycles. The molecule has 1 saturated heterocycles. The number of aryl methyl sites for hydroxylation is 1. The molecule has 0 bridgehead atoms. The normalized spacial score (nSPS) is 19.0. The Morgan fingerprint density at radius 3 is 2.27 bits per heavy atom. The molecule has 0 spiro atoms. The monoisotopic (exact) mass is 373 g/mol. The lowest BCUT2D eigenvalue weighted by Crippen LogP contribution is -2.37. The minimum atomic E-state index is -3.23. The Morgan fingerprint density at radius 1 is 1.00 bits per heavy atom. The van der Waals surface area contributed by atoms with E-state index in [-0.39, 0.29) is 12.2 Å². The molecule has 0 saturated carbocycles. The van der Waals surface area contributed by atoms with Gasteiger partial charge in [0.1, 0.15) is 0 Å². The van der Waals surface area contributed by atoms with Crippen LogP contribution >= 0.6 is 7.37 Å². The number of morpholine rings is 1. The number of benzene rings is 2. The van der Waals surface area contributed by atoms with Gasteiger partial charge in [-0.25, -0.2) is 0 Å². The lowest BCUT2D eigenvalue weighted by Gasteiger charge is -2.30. The first kappa shape index (κ1) is 19.3. The number of nitrogens with zero attached hydrogens (tertiary/aromatic N) is 1. The lowest BCUT2D eigenvalue weighted by atomic mass is 9.94. The van der Waals surface area contributed by atoms with E-state index in [1.54, 1.807) is 0 Å². The predicted molar refractivity (Wildman–Crippen MR) is 106 cm³/mol. The van der Waals surface area contributed by atoms with Crippen LogP contribution in [0.4, 0.5) is 0 Å². The third-order valence-corrected chi connectivity index (χ3v) is 6.78. The summed E-state index contributed by atoms with van der Waals surface area (Å²) < 4.78 is 18.3. The minimum absolute atomic E-state index is 0.0910. The molecule has 0 radical (unpaired) electrons. The Hall–Kier alpha value is -1.45. The van der Waals surface area contributed by atoms with Gasteiger partial charge in [0.25, 0.3) is 0 Å². The number of ether oxygens (including phenoxy) is 1. The fourth-order valence-corrected chi connectivity index (χ4v) is 5.64. The van der Waals surface area contributed by atoms with Gasteiger partial charge in [-0.3, -0.25) is 9.46 Å². The van der Waals surface area contributed by atoms with Gasteiger partial charge >= 0.3 is 0 Å². The molecule has 2 unspecified atom stereocenters. The molecule has 0 amide bonds. The van der Waals surface area contributed by atoms with Crippen molar-refractivity contribution in [1.82, 2.24) is 4.90 Å². The molecule has 1 aliphatic heterocycles. The highest BCUT2D eigenvalue weighted by molar-refractivity contribution is 7.57.